The Kier molecular flexibility index (Phi) is 3.99. The number of aromatic nitrogens is 2. The third-order valence-corrected chi connectivity index (χ3v) is 3.83. The van der Waals surface area contributed by atoms with Crippen molar-refractivity contribution in [3.8, 4) is 0 Å². The molecule has 1 saturated carbocycles. The molecule has 0 radical (unpaired) electrons. The minimum atomic E-state index is -0.900. The Morgan fingerprint density at radius 2 is 2.22 bits per heavy atom. The normalized spacial score (nSPS) is 30.3. The maximum absolute atomic E-state index is 9.58. The Bertz CT molecular complexity index is 386. The predicted molar refractivity (Wildman–Crippen MR) is 64.6 cm³/mol. The number of nitrogens with two attached hydrogens (primary N) is 1. The molecule has 1 aliphatic carbocycles. The lowest BCUT2D eigenvalue weighted by atomic mass is 9.79. The number of hydrogen-bond donors (Lipinski definition) is 2. The molecule has 1 aliphatic rings. The number of hydrogen-bond acceptors (Lipinski definition) is 6. The molecule has 0 aliphatic heterocycles. The van der Waals surface area contributed by atoms with Gasteiger partial charge in [0.15, 0.2) is 0 Å². The molecule has 6 nitrogen and oxygen atoms in total. The molecule has 0 saturated heterocycles. The highest BCUT2D eigenvalue weighted by atomic mass is 16.5. The molecule has 1 fully saturated rings. The van der Waals surface area contributed by atoms with Gasteiger partial charge in [0.2, 0.25) is 5.82 Å². The summed E-state index contributed by atoms with van der Waals surface area (Å²) in [4.78, 5) is 4.24. The first-order valence-corrected chi connectivity index (χ1v) is 6.38. The summed E-state index contributed by atoms with van der Waals surface area (Å²) in [6, 6.07) is 0. The van der Waals surface area contributed by atoms with Gasteiger partial charge in [0.25, 0.3) is 5.89 Å². The number of ether oxygens (including phenoxy) is 1. The highest BCUT2D eigenvalue weighted by molar-refractivity contribution is 5.04. The van der Waals surface area contributed by atoms with Gasteiger partial charge < -0.3 is 20.1 Å². The van der Waals surface area contributed by atoms with Crippen LogP contribution < -0.4 is 5.73 Å². The quantitative estimate of drug-likeness (QED) is 0.837. The Balaban J connectivity index is 2.20. The van der Waals surface area contributed by atoms with Crippen LogP contribution in [-0.4, -0.2) is 28.9 Å². The van der Waals surface area contributed by atoms with E-state index in [1.165, 1.54) is 0 Å². The van der Waals surface area contributed by atoms with Crippen LogP contribution in [0, 0.1) is 5.92 Å². The van der Waals surface area contributed by atoms with E-state index in [4.69, 9.17) is 15.0 Å². The monoisotopic (exact) mass is 255 g/mol. The van der Waals surface area contributed by atoms with Crippen molar-refractivity contribution >= 4 is 0 Å². The first-order chi connectivity index (χ1) is 8.61. The summed E-state index contributed by atoms with van der Waals surface area (Å²) >= 11 is 0. The number of aliphatic hydroxyl groups excluding tert-OH is 1. The maximum atomic E-state index is 9.58. The molecule has 1 unspecified atom stereocenters. The van der Waals surface area contributed by atoms with Crippen LogP contribution in [0.25, 0.3) is 0 Å². The van der Waals surface area contributed by atoms with Crippen molar-refractivity contribution in [1.82, 2.24) is 10.1 Å². The van der Waals surface area contributed by atoms with E-state index in [1.807, 2.05) is 0 Å². The highest BCUT2D eigenvalue weighted by Gasteiger charge is 2.40. The van der Waals surface area contributed by atoms with Crippen molar-refractivity contribution < 1.29 is 14.4 Å². The van der Waals surface area contributed by atoms with Gasteiger partial charge >= 0.3 is 0 Å². The number of rotatable bonds is 4. The van der Waals surface area contributed by atoms with Crippen molar-refractivity contribution in [3.63, 3.8) is 0 Å². The minimum absolute atomic E-state index is 0.0681. The second-order valence-corrected chi connectivity index (χ2v) is 5.09. The van der Waals surface area contributed by atoms with Crippen molar-refractivity contribution in [3.05, 3.63) is 11.7 Å². The molecular formula is C12H21N3O3. The van der Waals surface area contributed by atoms with Gasteiger partial charge in [-0.3, -0.25) is 0 Å². The molecule has 1 heterocycles. The van der Waals surface area contributed by atoms with Crippen molar-refractivity contribution in [1.29, 1.82) is 0 Å². The largest absolute Gasteiger partial charge is 0.382 e. The predicted octanol–water partition coefficient (Wildman–Crippen LogP) is 1.11. The smallest absolute Gasteiger partial charge is 0.256 e. The molecule has 0 bridgehead atoms. The zero-order chi connectivity index (χ0) is 13.2. The number of methoxy groups -OCH3 is 1. The molecule has 1 atom stereocenters. The van der Waals surface area contributed by atoms with E-state index in [2.05, 4.69) is 17.1 Å². The first-order valence-electron chi connectivity index (χ1n) is 6.38. The lowest BCUT2D eigenvalue weighted by molar-refractivity contribution is -0.0609. The Hall–Kier alpha value is -0.980. The molecule has 18 heavy (non-hydrogen) atoms. The molecule has 6 heteroatoms. The van der Waals surface area contributed by atoms with Crippen LogP contribution in [-0.2, 0) is 10.3 Å². The second-order valence-electron chi connectivity index (χ2n) is 5.09. The van der Waals surface area contributed by atoms with Gasteiger partial charge in [0, 0.05) is 13.7 Å². The van der Waals surface area contributed by atoms with E-state index in [-0.39, 0.29) is 12.4 Å². The van der Waals surface area contributed by atoms with Gasteiger partial charge in [-0.2, -0.15) is 4.98 Å². The zero-order valence-corrected chi connectivity index (χ0v) is 10.9. The topological polar surface area (TPSA) is 94.4 Å². The summed E-state index contributed by atoms with van der Waals surface area (Å²) in [5, 5.41) is 13.5. The lowest BCUT2D eigenvalue weighted by Crippen LogP contribution is -2.34. The van der Waals surface area contributed by atoms with Gasteiger partial charge in [-0.05, 0) is 31.6 Å². The Morgan fingerprint density at radius 1 is 1.56 bits per heavy atom. The summed E-state index contributed by atoms with van der Waals surface area (Å²) in [5.74, 6) is 1.40. The molecule has 0 spiro atoms. The first kappa shape index (κ1) is 13.5. The van der Waals surface area contributed by atoms with E-state index in [1.54, 1.807) is 7.11 Å². The lowest BCUT2D eigenvalue weighted by Gasteiger charge is -2.35. The van der Waals surface area contributed by atoms with Crippen molar-refractivity contribution in [2.45, 2.75) is 44.3 Å². The molecule has 2 rings (SSSR count). The Morgan fingerprint density at radius 3 is 2.78 bits per heavy atom. The molecule has 1 aromatic rings. The fraction of sp³-hybridized carbons (Fsp3) is 0.833. The minimum Gasteiger partial charge on any atom is -0.382 e. The fourth-order valence-corrected chi connectivity index (χ4v) is 2.40. The van der Waals surface area contributed by atoms with Crippen LogP contribution in [0.5, 0.6) is 0 Å². The van der Waals surface area contributed by atoms with Crippen LogP contribution in [0.4, 0.5) is 0 Å². The van der Waals surface area contributed by atoms with Gasteiger partial charge in [-0.1, -0.05) is 12.1 Å². The summed E-state index contributed by atoms with van der Waals surface area (Å²) in [5.41, 5.74) is 4.90. The van der Waals surface area contributed by atoms with Crippen LogP contribution in [0.15, 0.2) is 4.52 Å². The number of aliphatic hydroxyl groups is 1. The van der Waals surface area contributed by atoms with Gasteiger partial charge in [0.05, 0.1) is 0 Å². The van der Waals surface area contributed by atoms with Gasteiger partial charge in [0.1, 0.15) is 11.7 Å². The van der Waals surface area contributed by atoms with Crippen molar-refractivity contribution in [2.75, 3.05) is 13.7 Å². The third kappa shape index (κ3) is 2.41. The summed E-state index contributed by atoms with van der Waals surface area (Å²) < 4.78 is 10.7. The van der Waals surface area contributed by atoms with Crippen LogP contribution >= 0.6 is 0 Å². The SMILES string of the molecule is COC1(c2noc(C(O)CN)n2)CCC(C)CC1. The van der Waals surface area contributed by atoms with Crippen molar-refractivity contribution in [2.24, 2.45) is 11.7 Å². The maximum Gasteiger partial charge on any atom is 0.256 e. The second kappa shape index (κ2) is 5.34. The van der Waals surface area contributed by atoms with Crippen LogP contribution in [0.2, 0.25) is 0 Å². The van der Waals surface area contributed by atoms with Gasteiger partial charge in [-0.15, -0.1) is 0 Å². The summed E-state index contributed by atoms with van der Waals surface area (Å²) in [7, 11) is 1.67. The molecular weight excluding hydrogens is 234 g/mol. The van der Waals surface area contributed by atoms with E-state index >= 15 is 0 Å². The third-order valence-electron chi connectivity index (χ3n) is 3.83. The van der Waals surface area contributed by atoms with E-state index < -0.39 is 11.7 Å². The average molecular weight is 255 g/mol. The molecule has 0 amide bonds. The summed E-state index contributed by atoms with van der Waals surface area (Å²) in [6.45, 7) is 2.30. The molecule has 0 aromatic carbocycles. The highest BCUT2D eigenvalue weighted by Crippen LogP contribution is 2.40. The van der Waals surface area contributed by atoms with E-state index in [0.717, 1.165) is 25.7 Å². The zero-order valence-electron chi connectivity index (χ0n) is 10.9. The molecule has 3 N–H and O–H groups in total. The Labute approximate surface area is 107 Å². The number of nitrogens with zero attached hydrogens (tertiary/aromatic N) is 2. The average Bonchev–Trinajstić information content (AvgIpc) is 2.89. The summed E-state index contributed by atoms with van der Waals surface area (Å²) in [6.07, 6.45) is 3.02. The van der Waals surface area contributed by atoms with E-state index in [9.17, 15) is 5.11 Å². The molecule has 102 valence electrons. The fourth-order valence-electron chi connectivity index (χ4n) is 2.40. The van der Waals surface area contributed by atoms with Gasteiger partial charge in [-0.25, -0.2) is 0 Å². The molecule has 1 aromatic heterocycles. The van der Waals surface area contributed by atoms with E-state index in [0.29, 0.717) is 11.7 Å². The van der Waals surface area contributed by atoms with Crippen LogP contribution in [0.1, 0.15) is 50.4 Å². The standard InChI is InChI=1S/C12H21N3O3/c1-8-3-5-12(17-2,6-4-8)11-14-10(18-15-11)9(16)7-13/h8-9,16H,3-7,13H2,1-2H3. The van der Waals surface area contributed by atoms with Crippen LogP contribution in [0.3, 0.4) is 0 Å².